The summed E-state index contributed by atoms with van der Waals surface area (Å²) in [6.07, 6.45) is 1.04. The molecular weight excluding hydrogens is 370 g/mol. The molecule has 3 aromatic rings. The molecular formula is C21H23N5O3. The van der Waals surface area contributed by atoms with E-state index < -0.39 is 0 Å². The highest BCUT2D eigenvalue weighted by molar-refractivity contribution is 5.77. The number of carbonyl (C=O) groups is 1. The van der Waals surface area contributed by atoms with Gasteiger partial charge < -0.3 is 15.0 Å². The van der Waals surface area contributed by atoms with E-state index in [1.165, 1.54) is 4.68 Å². The minimum Gasteiger partial charge on any atom is -0.495 e. The molecule has 1 aliphatic rings. The van der Waals surface area contributed by atoms with E-state index in [0.717, 1.165) is 30.9 Å². The molecule has 1 aliphatic heterocycles. The van der Waals surface area contributed by atoms with Crippen LogP contribution in [-0.2, 0) is 11.3 Å². The number of fused-ring (bicyclic) bond motifs is 1. The zero-order valence-corrected chi connectivity index (χ0v) is 16.2. The Hall–Kier alpha value is -3.42. The van der Waals surface area contributed by atoms with E-state index in [0.29, 0.717) is 10.9 Å². The Balaban J connectivity index is 1.34. The van der Waals surface area contributed by atoms with E-state index in [4.69, 9.17) is 4.74 Å². The van der Waals surface area contributed by atoms with Gasteiger partial charge in [-0.2, -0.15) is 0 Å². The van der Waals surface area contributed by atoms with Crippen molar-refractivity contribution in [1.29, 1.82) is 0 Å². The number of amides is 1. The first-order valence-corrected chi connectivity index (χ1v) is 9.65. The summed E-state index contributed by atoms with van der Waals surface area (Å²) in [6, 6.07) is 15.0. The zero-order valence-electron chi connectivity index (χ0n) is 16.2. The maximum atomic E-state index is 12.5. The van der Waals surface area contributed by atoms with Gasteiger partial charge >= 0.3 is 0 Å². The van der Waals surface area contributed by atoms with Gasteiger partial charge in [0, 0.05) is 25.6 Å². The van der Waals surface area contributed by atoms with Crippen molar-refractivity contribution in [2.24, 2.45) is 0 Å². The Kier molecular flexibility index (Phi) is 5.41. The molecule has 150 valence electrons. The third-order valence-corrected chi connectivity index (χ3v) is 5.16. The van der Waals surface area contributed by atoms with E-state index in [1.54, 1.807) is 25.3 Å². The van der Waals surface area contributed by atoms with Crippen LogP contribution in [0.25, 0.3) is 10.9 Å². The standard InChI is InChI=1S/C21H23N5O3/c1-29-19-9-5-4-8-18(19)25-12-10-15(14-25)22-20(27)11-13-26-21(28)16-6-2-3-7-17(16)23-24-26/h2-9,15H,10-14H2,1H3,(H,22,27). The first kappa shape index (κ1) is 18.9. The lowest BCUT2D eigenvalue weighted by Gasteiger charge is -2.21. The second-order valence-corrected chi connectivity index (χ2v) is 7.06. The van der Waals surface area contributed by atoms with Crippen molar-refractivity contribution >= 4 is 22.5 Å². The van der Waals surface area contributed by atoms with Crippen LogP contribution in [0.3, 0.4) is 0 Å². The lowest BCUT2D eigenvalue weighted by atomic mass is 10.2. The van der Waals surface area contributed by atoms with Crippen LogP contribution in [-0.4, -0.2) is 47.1 Å². The second-order valence-electron chi connectivity index (χ2n) is 7.06. The van der Waals surface area contributed by atoms with Gasteiger partial charge in [-0.3, -0.25) is 9.59 Å². The Bertz CT molecular complexity index is 1080. The number of hydrogen-bond acceptors (Lipinski definition) is 6. The van der Waals surface area contributed by atoms with Crippen LogP contribution in [0.1, 0.15) is 12.8 Å². The number of benzene rings is 2. The smallest absolute Gasteiger partial charge is 0.277 e. The third kappa shape index (κ3) is 4.06. The number of methoxy groups -OCH3 is 1. The van der Waals surface area contributed by atoms with Crippen molar-refractivity contribution < 1.29 is 9.53 Å². The topological polar surface area (TPSA) is 89.3 Å². The molecule has 2 heterocycles. The molecule has 1 fully saturated rings. The van der Waals surface area contributed by atoms with E-state index in [-0.39, 0.29) is 30.5 Å². The molecule has 8 heteroatoms. The summed E-state index contributed by atoms with van der Waals surface area (Å²) in [5.74, 6) is 0.729. The average Bonchev–Trinajstić information content (AvgIpc) is 3.21. The fourth-order valence-electron chi connectivity index (χ4n) is 3.66. The molecule has 1 atom stereocenters. The van der Waals surface area contributed by atoms with Crippen molar-refractivity contribution in [2.75, 3.05) is 25.1 Å². The summed E-state index contributed by atoms with van der Waals surface area (Å²) in [5, 5.41) is 11.5. The number of aromatic nitrogens is 3. The Morgan fingerprint density at radius 3 is 2.86 bits per heavy atom. The summed E-state index contributed by atoms with van der Waals surface area (Å²) in [5.41, 5.74) is 1.36. The number of para-hydroxylation sites is 2. The number of carbonyl (C=O) groups excluding carboxylic acids is 1. The number of ether oxygens (including phenoxy) is 1. The average molecular weight is 393 g/mol. The minimum atomic E-state index is -0.230. The highest BCUT2D eigenvalue weighted by Crippen LogP contribution is 2.30. The summed E-state index contributed by atoms with van der Waals surface area (Å²) in [4.78, 5) is 27.1. The Morgan fingerprint density at radius 1 is 1.21 bits per heavy atom. The third-order valence-electron chi connectivity index (χ3n) is 5.16. The summed E-state index contributed by atoms with van der Waals surface area (Å²) in [6.45, 7) is 1.77. The fourth-order valence-corrected chi connectivity index (χ4v) is 3.66. The molecule has 0 saturated carbocycles. The lowest BCUT2D eigenvalue weighted by Crippen LogP contribution is -2.38. The highest BCUT2D eigenvalue weighted by Gasteiger charge is 2.25. The van der Waals surface area contributed by atoms with E-state index in [1.807, 2.05) is 30.3 Å². The Morgan fingerprint density at radius 2 is 2.00 bits per heavy atom. The molecule has 4 rings (SSSR count). The number of anilines is 1. The monoisotopic (exact) mass is 393 g/mol. The number of nitrogens with one attached hydrogen (secondary N) is 1. The second kappa shape index (κ2) is 8.30. The van der Waals surface area contributed by atoms with Gasteiger partial charge in [-0.1, -0.05) is 29.5 Å². The van der Waals surface area contributed by atoms with Gasteiger partial charge in [-0.15, -0.1) is 5.10 Å². The first-order valence-electron chi connectivity index (χ1n) is 9.65. The van der Waals surface area contributed by atoms with E-state index in [2.05, 4.69) is 20.5 Å². The van der Waals surface area contributed by atoms with Gasteiger partial charge in [-0.05, 0) is 30.7 Å². The van der Waals surface area contributed by atoms with Crippen LogP contribution in [0, 0.1) is 0 Å². The summed E-state index contributed by atoms with van der Waals surface area (Å²) >= 11 is 0. The van der Waals surface area contributed by atoms with Gasteiger partial charge in [0.2, 0.25) is 5.91 Å². The van der Waals surface area contributed by atoms with Crippen molar-refractivity contribution in [3.8, 4) is 5.75 Å². The maximum absolute atomic E-state index is 12.5. The van der Waals surface area contributed by atoms with Gasteiger partial charge in [0.25, 0.3) is 5.56 Å². The largest absolute Gasteiger partial charge is 0.495 e. The van der Waals surface area contributed by atoms with Crippen molar-refractivity contribution in [1.82, 2.24) is 20.3 Å². The molecule has 1 amide bonds. The van der Waals surface area contributed by atoms with Gasteiger partial charge in [-0.25, -0.2) is 4.68 Å². The van der Waals surface area contributed by atoms with Crippen LogP contribution in [0.4, 0.5) is 5.69 Å². The molecule has 0 bridgehead atoms. The molecule has 0 aliphatic carbocycles. The normalized spacial score (nSPS) is 16.2. The van der Waals surface area contributed by atoms with Crippen molar-refractivity contribution in [2.45, 2.75) is 25.4 Å². The lowest BCUT2D eigenvalue weighted by molar-refractivity contribution is -0.121. The predicted octanol–water partition coefficient (Wildman–Crippen LogP) is 1.59. The molecule has 1 N–H and O–H groups in total. The van der Waals surface area contributed by atoms with Gasteiger partial charge in [0.1, 0.15) is 11.3 Å². The van der Waals surface area contributed by atoms with Crippen molar-refractivity contribution in [3.63, 3.8) is 0 Å². The maximum Gasteiger partial charge on any atom is 0.277 e. The minimum absolute atomic E-state index is 0.0619. The van der Waals surface area contributed by atoms with Crippen LogP contribution in [0.2, 0.25) is 0 Å². The molecule has 1 saturated heterocycles. The SMILES string of the molecule is COc1ccccc1N1CCC(NC(=O)CCn2nnc3ccccc3c2=O)C1. The van der Waals surface area contributed by atoms with Crippen LogP contribution in [0.5, 0.6) is 5.75 Å². The molecule has 29 heavy (non-hydrogen) atoms. The molecule has 2 aromatic carbocycles. The van der Waals surface area contributed by atoms with Gasteiger partial charge in [0.05, 0.1) is 24.7 Å². The van der Waals surface area contributed by atoms with Gasteiger partial charge in [0.15, 0.2) is 0 Å². The van der Waals surface area contributed by atoms with E-state index in [9.17, 15) is 9.59 Å². The van der Waals surface area contributed by atoms with Crippen LogP contribution in [0.15, 0.2) is 53.3 Å². The molecule has 1 unspecified atom stereocenters. The fraction of sp³-hybridized carbons (Fsp3) is 0.333. The van der Waals surface area contributed by atoms with Crippen LogP contribution < -0.4 is 20.5 Å². The zero-order chi connectivity index (χ0) is 20.2. The number of nitrogens with zero attached hydrogens (tertiary/aromatic N) is 4. The predicted molar refractivity (Wildman–Crippen MR) is 110 cm³/mol. The quantitative estimate of drug-likeness (QED) is 0.684. The number of hydrogen-bond donors (Lipinski definition) is 1. The highest BCUT2D eigenvalue weighted by atomic mass is 16.5. The molecule has 1 aromatic heterocycles. The van der Waals surface area contributed by atoms with E-state index >= 15 is 0 Å². The number of aryl methyl sites for hydroxylation is 1. The summed E-state index contributed by atoms with van der Waals surface area (Å²) < 4.78 is 6.68. The van der Waals surface area contributed by atoms with Crippen LogP contribution >= 0.6 is 0 Å². The molecule has 0 spiro atoms. The first-order chi connectivity index (χ1) is 14.2. The molecule has 8 nitrogen and oxygen atoms in total. The summed E-state index contributed by atoms with van der Waals surface area (Å²) in [7, 11) is 1.66. The molecule has 0 radical (unpaired) electrons. The van der Waals surface area contributed by atoms with Crippen molar-refractivity contribution in [3.05, 3.63) is 58.9 Å². The Labute approximate surface area is 168 Å². The number of rotatable bonds is 6.